The first-order valence-electron chi connectivity index (χ1n) is 5.88. The molecule has 100 valence electrons. The number of ether oxygens (including phenoxy) is 2. The molecule has 0 aliphatic carbocycles. The summed E-state index contributed by atoms with van der Waals surface area (Å²) < 4.78 is 10.3. The second-order valence-corrected chi connectivity index (χ2v) is 3.96. The smallest absolute Gasteiger partial charge is 0.124 e. The zero-order valence-corrected chi connectivity index (χ0v) is 11.0. The van der Waals surface area contributed by atoms with E-state index in [-0.39, 0.29) is 5.84 Å². The largest absolute Gasteiger partial charge is 0.384 e. The molecule has 0 unspecified atom stereocenters. The number of benzene rings is 1. The molecule has 0 aromatic heterocycles. The first-order chi connectivity index (χ1) is 8.66. The number of methoxy groups -OCH3 is 1. The Hall–Kier alpha value is -1.59. The minimum Gasteiger partial charge on any atom is -0.384 e. The molecule has 1 aromatic carbocycles. The van der Waals surface area contributed by atoms with Crippen LogP contribution in [0.4, 0.5) is 5.69 Å². The molecule has 1 rings (SSSR count). The number of nitrogens with zero attached hydrogens (tertiary/aromatic N) is 1. The second kappa shape index (κ2) is 7.68. The summed E-state index contributed by atoms with van der Waals surface area (Å²) >= 11 is 0. The fraction of sp³-hybridized carbons (Fsp3) is 0.462. The minimum absolute atomic E-state index is 0.0813. The fourth-order valence-corrected chi connectivity index (χ4v) is 1.60. The summed E-state index contributed by atoms with van der Waals surface area (Å²) in [7, 11) is 3.61. The first kappa shape index (κ1) is 14.5. The highest BCUT2D eigenvalue weighted by atomic mass is 16.5. The lowest BCUT2D eigenvalue weighted by atomic mass is 10.1. The van der Waals surface area contributed by atoms with Crippen LogP contribution in [0.3, 0.4) is 0 Å². The van der Waals surface area contributed by atoms with Crippen molar-refractivity contribution in [1.82, 2.24) is 0 Å². The number of amidine groups is 1. The number of nitrogen functional groups attached to an aromatic ring is 1. The van der Waals surface area contributed by atoms with Gasteiger partial charge in [0.2, 0.25) is 0 Å². The van der Waals surface area contributed by atoms with Crippen LogP contribution in [0, 0.1) is 5.41 Å². The molecule has 0 aliphatic rings. The van der Waals surface area contributed by atoms with Crippen LogP contribution in [0.15, 0.2) is 24.3 Å². The Bertz CT molecular complexity index is 382. The number of nitrogens with two attached hydrogens (primary N) is 1. The Morgan fingerprint density at radius 3 is 2.67 bits per heavy atom. The lowest BCUT2D eigenvalue weighted by Crippen LogP contribution is -2.26. The molecule has 0 saturated heterocycles. The van der Waals surface area contributed by atoms with Crippen molar-refractivity contribution in [2.24, 2.45) is 5.73 Å². The van der Waals surface area contributed by atoms with Gasteiger partial charge in [-0.05, 0) is 12.1 Å². The van der Waals surface area contributed by atoms with Gasteiger partial charge in [0.25, 0.3) is 0 Å². The Labute approximate surface area is 108 Å². The van der Waals surface area contributed by atoms with Crippen molar-refractivity contribution in [1.29, 1.82) is 5.41 Å². The topological polar surface area (TPSA) is 71.6 Å². The third kappa shape index (κ3) is 4.35. The van der Waals surface area contributed by atoms with E-state index in [0.29, 0.717) is 19.8 Å². The van der Waals surface area contributed by atoms with E-state index >= 15 is 0 Å². The van der Waals surface area contributed by atoms with Gasteiger partial charge in [-0.1, -0.05) is 12.1 Å². The average Bonchev–Trinajstić information content (AvgIpc) is 2.38. The zero-order chi connectivity index (χ0) is 13.4. The van der Waals surface area contributed by atoms with Gasteiger partial charge in [0, 0.05) is 32.0 Å². The van der Waals surface area contributed by atoms with Crippen LogP contribution in [-0.2, 0) is 9.47 Å². The number of nitrogens with one attached hydrogen (secondary N) is 1. The SMILES string of the molecule is COCCOCCN(C)c1ccccc1C(=N)N. The van der Waals surface area contributed by atoms with Crippen molar-refractivity contribution in [3.8, 4) is 0 Å². The normalized spacial score (nSPS) is 10.3. The summed E-state index contributed by atoms with van der Waals surface area (Å²) in [5, 5.41) is 7.54. The maximum absolute atomic E-state index is 7.54. The molecule has 0 atom stereocenters. The van der Waals surface area contributed by atoms with E-state index < -0.39 is 0 Å². The number of hydrogen-bond donors (Lipinski definition) is 2. The molecular weight excluding hydrogens is 230 g/mol. The molecule has 0 saturated carbocycles. The number of anilines is 1. The van der Waals surface area contributed by atoms with Crippen LogP contribution in [0.25, 0.3) is 0 Å². The van der Waals surface area contributed by atoms with E-state index in [4.69, 9.17) is 20.6 Å². The molecular formula is C13H21N3O2. The van der Waals surface area contributed by atoms with Crippen LogP contribution in [0.1, 0.15) is 5.56 Å². The highest BCUT2D eigenvalue weighted by Gasteiger charge is 2.08. The quantitative estimate of drug-likeness (QED) is 0.412. The van der Waals surface area contributed by atoms with Gasteiger partial charge in [0.05, 0.1) is 19.8 Å². The molecule has 0 spiro atoms. The van der Waals surface area contributed by atoms with E-state index in [0.717, 1.165) is 17.8 Å². The number of rotatable bonds is 8. The van der Waals surface area contributed by atoms with E-state index in [2.05, 4.69) is 0 Å². The predicted molar refractivity (Wildman–Crippen MR) is 73.4 cm³/mol. The van der Waals surface area contributed by atoms with Gasteiger partial charge in [-0.15, -0.1) is 0 Å². The van der Waals surface area contributed by atoms with Crippen molar-refractivity contribution in [2.75, 3.05) is 45.4 Å². The summed E-state index contributed by atoms with van der Waals surface area (Å²) in [6.45, 7) is 2.56. The number of para-hydroxylation sites is 1. The van der Waals surface area contributed by atoms with E-state index in [9.17, 15) is 0 Å². The minimum atomic E-state index is 0.0813. The van der Waals surface area contributed by atoms with Gasteiger partial charge in [0.15, 0.2) is 0 Å². The highest BCUT2D eigenvalue weighted by Crippen LogP contribution is 2.18. The van der Waals surface area contributed by atoms with Gasteiger partial charge in [0.1, 0.15) is 5.84 Å². The standard InChI is InChI=1S/C13H21N3O2/c1-16(7-8-18-10-9-17-2)12-6-4-3-5-11(12)13(14)15/h3-6H,7-10H2,1-2H3,(H3,14,15). The van der Waals surface area contributed by atoms with Gasteiger partial charge >= 0.3 is 0 Å². The molecule has 0 amide bonds. The Morgan fingerprint density at radius 1 is 1.28 bits per heavy atom. The maximum Gasteiger partial charge on any atom is 0.124 e. The molecule has 18 heavy (non-hydrogen) atoms. The summed E-state index contributed by atoms with van der Waals surface area (Å²) in [5.74, 6) is 0.0813. The van der Waals surface area contributed by atoms with Crippen LogP contribution in [0.2, 0.25) is 0 Å². The number of likely N-dealkylation sites (N-methyl/N-ethyl adjacent to an activating group) is 1. The van der Waals surface area contributed by atoms with Gasteiger partial charge in [-0.25, -0.2) is 0 Å². The third-order valence-corrected chi connectivity index (χ3v) is 2.61. The second-order valence-electron chi connectivity index (χ2n) is 3.96. The lowest BCUT2D eigenvalue weighted by Gasteiger charge is -2.21. The van der Waals surface area contributed by atoms with Crippen LogP contribution < -0.4 is 10.6 Å². The summed E-state index contributed by atoms with van der Waals surface area (Å²) in [6, 6.07) is 7.61. The molecule has 0 radical (unpaired) electrons. The molecule has 0 fully saturated rings. The van der Waals surface area contributed by atoms with Crippen molar-refractivity contribution in [3.05, 3.63) is 29.8 Å². The third-order valence-electron chi connectivity index (χ3n) is 2.61. The Morgan fingerprint density at radius 2 is 2.00 bits per heavy atom. The number of hydrogen-bond acceptors (Lipinski definition) is 4. The van der Waals surface area contributed by atoms with Crippen LogP contribution in [0.5, 0.6) is 0 Å². The van der Waals surface area contributed by atoms with Gasteiger partial charge < -0.3 is 20.1 Å². The lowest BCUT2D eigenvalue weighted by molar-refractivity contribution is 0.0744. The molecule has 5 nitrogen and oxygen atoms in total. The Kier molecular flexibility index (Phi) is 6.18. The summed E-state index contributed by atoms with van der Waals surface area (Å²) in [6.07, 6.45) is 0. The zero-order valence-electron chi connectivity index (χ0n) is 11.0. The average molecular weight is 251 g/mol. The van der Waals surface area contributed by atoms with E-state index in [1.165, 1.54) is 0 Å². The van der Waals surface area contributed by atoms with Crippen LogP contribution >= 0.6 is 0 Å². The fourth-order valence-electron chi connectivity index (χ4n) is 1.60. The summed E-state index contributed by atoms with van der Waals surface area (Å²) in [5.41, 5.74) is 7.25. The van der Waals surface area contributed by atoms with Crippen LogP contribution in [-0.4, -0.2) is 46.4 Å². The predicted octanol–water partition coefficient (Wildman–Crippen LogP) is 1.07. The van der Waals surface area contributed by atoms with Crippen molar-refractivity contribution >= 4 is 11.5 Å². The van der Waals surface area contributed by atoms with Gasteiger partial charge in [-0.2, -0.15) is 0 Å². The highest BCUT2D eigenvalue weighted by molar-refractivity contribution is 6.00. The van der Waals surface area contributed by atoms with E-state index in [1.54, 1.807) is 7.11 Å². The molecule has 3 N–H and O–H groups in total. The van der Waals surface area contributed by atoms with Crippen molar-refractivity contribution < 1.29 is 9.47 Å². The molecule has 0 aliphatic heterocycles. The molecule has 1 aromatic rings. The van der Waals surface area contributed by atoms with Crippen molar-refractivity contribution in [2.45, 2.75) is 0 Å². The molecule has 0 bridgehead atoms. The van der Waals surface area contributed by atoms with Gasteiger partial charge in [-0.3, -0.25) is 5.41 Å². The van der Waals surface area contributed by atoms with Crippen molar-refractivity contribution in [3.63, 3.8) is 0 Å². The molecule has 5 heteroatoms. The first-order valence-corrected chi connectivity index (χ1v) is 5.88. The summed E-state index contributed by atoms with van der Waals surface area (Å²) in [4.78, 5) is 2.03. The molecule has 0 heterocycles. The Balaban J connectivity index is 2.51. The monoisotopic (exact) mass is 251 g/mol. The maximum atomic E-state index is 7.54. The van der Waals surface area contributed by atoms with E-state index in [1.807, 2.05) is 36.2 Å².